The lowest BCUT2D eigenvalue weighted by atomic mass is 10.2. The minimum atomic E-state index is 0.221. The van der Waals surface area contributed by atoms with Gasteiger partial charge in [-0.05, 0) is 25.5 Å². The number of nitrogens with one attached hydrogen (secondary N) is 1. The van der Waals surface area contributed by atoms with Gasteiger partial charge in [0.25, 0.3) is 0 Å². The van der Waals surface area contributed by atoms with Crippen LogP contribution in [0, 0.1) is 0 Å². The predicted octanol–water partition coefficient (Wildman–Crippen LogP) is 1.26. The predicted molar refractivity (Wildman–Crippen MR) is 49.0 cm³/mol. The van der Waals surface area contributed by atoms with Crippen molar-refractivity contribution in [2.75, 3.05) is 11.9 Å². The molecule has 0 radical (unpaired) electrons. The van der Waals surface area contributed by atoms with Crippen molar-refractivity contribution in [3.63, 3.8) is 0 Å². The van der Waals surface area contributed by atoms with Crippen LogP contribution in [0.15, 0.2) is 24.5 Å². The van der Waals surface area contributed by atoms with Crippen LogP contribution in [0.2, 0.25) is 0 Å². The van der Waals surface area contributed by atoms with E-state index in [-0.39, 0.29) is 6.61 Å². The molecule has 0 saturated heterocycles. The quantitative estimate of drug-likeness (QED) is 0.708. The van der Waals surface area contributed by atoms with Crippen molar-refractivity contribution in [2.45, 2.75) is 19.4 Å². The zero-order chi connectivity index (χ0) is 8.81. The largest absolute Gasteiger partial charge is 0.396 e. The summed E-state index contributed by atoms with van der Waals surface area (Å²) in [6, 6.07) is 4.12. The van der Waals surface area contributed by atoms with Gasteiger partial charge in [0.1, 0.15) is 0 Å². The first-order chi connectivity index (χ1) is 5.83. The van der Waals surface area contributed by atoms with E-state index in [1.54, 1.807) is 12.4 Å². The van der Waals surface area contributed by atoms with Crippen molar-refractivity contribution in [3.05, 3.63) is 24.5 Å². The Bertz CT molecular complexity index is 213. The Balaban J connectivity index is 2.41. The number of hydrogen-bond acceptors (Lipinski definition) is 3. The molecule has 0 bridgehead atoms. The maximum Gasteiger partial charge on any atom is 0.0450 e. The molecule has 2 N–H and O–H groups in total. The monoisotopic (exact) mass is 166 g/mol. The molecule has 0 saturated carbocycles. The van der Waals surface area contributed by atoms with Crippen LogP contribution < -0.4 is 5.32 Å². The standard InChI is InChI=1S/C9H14N2O/c1-8(4-7-12)11-9-2-5-10-6-3-9/h2-3,5-6,8,12H,4,7H2,1H3,(H,10,11)/t8-/m1/s1. The highest BCUT2D eigenvalue weighted by atomic mass is 16.3. The molecule has 1 heterocycles. The van der Waals surface area contributed by atoms with Crippen LogP contribution in [-0.2, 0) is 0 Å². The van der Waals surface area contributed by atoms with E-state index in [2.05, 4.69) is 10.3 Å². The summed E-state index contributed by atoms with van der Waals surface area (Å²) < 4.78 is 0. The lowest BCUT2D eigenvalue weighted by Crippen LogP contribution is -2.16. The molecule has 0 spiro atoms. The topological polar surface area (TPSA) is 45.1 Å². The minimum Gasteiger partial charge on any atom is -0.396 e. The number of aliphatic hydroxyl groups excluding tert-OH is 1. The van der Waals surface area contributed by atoms with E-state index in [0.717, 1.165) is 12.1 Å². The number of rotatable bonds is 4. The summed E-state index contributed by atoms with van der Waals surface area (Å²) in [5.74, 6) is 0. The number of pyridine rings is 1. The summed E-state index contributed by atoms with van der Waals surface area (Å²) in [7, 11) is 0. The second-order valence-corrected chi connectivity index (χ2v) is 2.79. The Morgan fingerprint density at radius 2 is 2.17 bits per heavy atom. The fraction of sp³-hybridized carbons (Fsp3) is 0.444. The highest BCUT2D eigenvalue weighted by Gasteiger charge is 1.99. The van der Waals surface area contributed by atoms with Gasteiger partial charge in [-0.1, -0.05) is 0 Å². The van der Waals surface area contributed by atoms with Crippen LogP contribution in [-0.4, -0.2) is 22.7 Å². The third-order valence-corrected chi connectivity index (χ3v) is 1.66. The van der Waals surface area contributed by atoms with Crippen LogP contribution in [0.1, 0.15) is 13.3 Å². The van der Waals surface area contributed by atoms with Crippen molar-refractivity contribution in [1.29, 1.82) is 0 Å². The van der Waals surface area contributed by atoms with Crippen LogP contribution in [0.3, 0.4) is 0 Å². The normalized spacial score (nSPS) is 12.5. The second kappa shape index (κ2) is 4.72. The van der Waals surface area contributed by atoms with Crippen molar-refractivity contribution in [2.24, 2.45) is 0 Å². The van der Waals surface area contributed by atoms with Crippen molar-refractivity contribution in [3.8, 4) is 0 Å². The van der Waals surface area contributed by atoms with Gasteiger partial charge in [0.05, 0.1) is 0 Å². The zero-order valence-corrected chi connectivity index (χ0v) is 7.20. The van der Waals surface area contributed by atoms with Gasteiger partial charge in [-0.2, -0.15) is 0 Å². The molecule has 12 heavy (non-hydrogen) atoms. The SMILES string of the molecule is C[C@H](CCO)Nc1ccncc1. The summed E-state index contributed by atoms with van der Waals surface area (Å²) in [5.41, 5.74) is 1.05. The molecule has 0 aromatic carbocycles. The van der Waals surface area contributed by atoms with E-state index in [9.17, 15) is 0 Å². The smallest absolute Gasteiger partial charge is 0.0450 e. The molecule has 66 valence electrons. The summed E-state index contributed by atoms with van der Waals surface area (Å²) in [6.45, 7) is 2.26. The number of nitrogens with zero attached hydrogens (tertiary/aromatic N) is 1. The van der Waals surface area contributed by atoms with Gasteiger partial charge < -0.3 is 10.4 Å². The van der Waals surface area contributed by atoms with Gasteiger partial charge in [-0.25, -0.2) is 0 Å². The van der Waals surface area contributed by atoms with Gasteiger partial charge in [0, 0.05) is 30.7 Å². The molecule has 0 aliphatic heterocycles. The molecule has 3 nitrogen and oxygen atoms in total. The molecule has 0 fully saturated rings. The van der Waals surface area contributed by atoms with E-state index in [1.165, 1.54) is 0 Å². The highest BCUT2D eigenvalue weighted by molar-refractivity contribution is 5.41. The summed E-state index contributed by atoms with van der Waals surface area (Å²) in [4.78, 5) is 3.91. The van der Waals surface area contributed by atoms with Gasteiger partial charge >= 0.3 is 0 Å². The number of aliphatic hydroxyl groups is 1. The van der Waals surface area contributed by atoms with E-state index in [1.807, 2.05) is 19.1 Å². The van der Waals surface area contributed by atoms with Crippen molar-refractivity contribution < 1.29 is 5.11 Å². The lowest BCUT2D eigenvalue weighted by molar-refractivity contribution is 0.282. The minimum absolute atomic E-state index is 0.221. The van der Waals surface area contributed by atoms with Crippen LogP contribution in [0.4, 0.5) is 5.69 Å². The number of aromatic nitrogens is 1. The average molecular weight is 166 g/mol. The second-order valence-electron chi connectivity index (χ2n) is 2.79. The van der Waals surface area contributed by atoms with Crippen LogP contribution in [0.5, 0.6) is 0 Å². The molecule has 0 amide bonds. The molecular weight excluding hydrogens is 152 g/mol. The fourth-order valence-electron chi connectivity index (χ4n) is 0.998. The average Bonchev–Trinajstić information content (AvgIpc) is 2.06. The maximum atomic E-state index is 8.66. The van der Waals surface area contributed by atoms with Crippen LogP contribution >= 0.6 is 0 Å². The lowest BCUT2D eigenvalue weighted by Gasteiger charge is -2.12. The maximum absolute atomic E-state index is 8.66. The molecule has 1 aromatic heterocycles. The Morgan fingerprint density at radius 1 is 1.50 bits per heavy atom. The van der Waals surface area contributed by atoms with E-state index in [0.29, 0.717) is 6.04 Å². The van der Waals surface area contributed by atoms with Gasteiger partial charge in [0.2, 0.25) is 0 Å². The first kappa shape index (κ1) is 9.00. The molecule has 0 unspecified atom stereocenters. The number of hydrogen-bond donors (Lipinski definition) is 2. The first-order valence-corrected chi connectivity index (χ1v) is 4.10. The molecule has 0 aliphatic carbocycles. The van der Waals surface area contributed by atoms with E-state index >= 15 is 0 Å². The fourth-order valence-corrected chi connectivity index (χ4v) is 0.998. The van der Waals surface area contributed by atoms with Gasteiger partial charge in [-0.15, -0.1) is 0 Å². The summed E-state index contributed by atoms with van der Waals surface area (Å²) in [6.07, 6.45) is 4.25. The zero-order valence-electron chi connectivity index (χ0n) is 7.20. The molecule has 1 atom stereocenters. The number of anilines is 1. The molecule has 1 aromatic rings. The first-order valence-electron chi connectivity index (χ1n) is 4.10. The van der Waals surface area contributed by atoms with Crippen LogP contribution in [0.25, 0.3) is 0 Å². The van der Waals surface area contributed by atoms with Crippen molar-refractivity contribution in [1.82, 2.24) is 4.98 Å². The third-order valence-electron chi connectivity index (χ3n) is 1.66. The van der Waals surface area contributed by atoms with Gasteiger partial charge in [-0.3, -0.25) is 4.98 Å². The Hall–Kier alpha value is -1.09. The van der Waals surface area contributed by atoms with Gasteiger partial charge in [0.15, 0.2) is 0 Å². The summed E-state index contributed by atoms with van der Waals surface area (Å²) in [5, 5.41) is 11.9. The Labute approximate surface area is 72.5 Å². The molecule has 1 rings (SSSR count). The molecular formula is C9H14N2O. The third kappa shape index (κ3) is 2.88. The summed E-state index contributed by atoms with van der Waals surface area (Å²) >= 11 is 0. The van der Waals surface area contributed by atoms with E-state index in [4.69, 9.17) is 5.11 Å². The van der Waals surface area contributed by atoms with E-state index < -0.39 is 0 Å². The molecule has 3 heteroatoms. The van der Waals surface area contributed by atoms with Crippen molar-refractivity contribution >= 4 is 5.69 Å². The Morgan fingerprint density at radius 3 is 2.75 bits per heavy atom. The highest BCUT2D eigenvalue weighted by Crippen LogP contribution is 2.06. The molecule has 0 aliphatic rings. The Kier molecular flexibility index (Phi) is 3.54.